The van der Waals surface area contributed by atoms with Gasteiger partial charge in [-0.3, -0.25) is 0 Å². The van der Waals surface area contributed by atoms with Crippen LogP contribution in [-0.2, 0) is 27.4 Å². The number of rotatable bonds is 11. The van der Waals surface area contributed by atoms with Crippen molar-refractivity contribution in [3.8, 4) is 0 Å². The lowest BCUT2D eigenvalue weighted by molar-refractivity contribution is 0.0199. The zero-order valence-electron chi connectivity index (χ0n) is 12.3. The van der Waals surface area contributed by atoms with E-state index in [9.17, 15) is 0 Å². The summed E-state index contributed by atoms with van der Waals surface area (Å²) < 4.78 is 15.8. The zero-order chi connectivity index (χ0) is 14.0. The van der Waals surface area contributed by atoms with Gasteiger partial charge in [-0.1, -0.05) is 24.3 Å². The standard InChI is InChI=1S/C16H25NO3/c1-18-8-9-19-10-11-20-13-15-4-2-14(3-5-15)12-17-16-6-7-16/h2-5,16-17H,6-13H2,1H3. The Hall–Kier alpha value is -0.940. The third-order valence-corrected chi connectivity index (χ3v) is 3.27. The summed E-state index contributed by atoms with van der Waals surface area (Å²) in [6, 6.07) is 9.37. The Morgan fingerprint density at radius 3 is 2.30 bits per heavy atom. The van der Waals surface area contributed by atoms with Gasteiger partial charge in [-0.25, -0.2) is 0 Å². The van der Waals surface area contributed by atoms with Gasteiger partial charge in [0.2, 0.25) is 0 Å². The van der Waals surface area contributed by atoms with Crippen molar-refractivity contribution in [3.63, 3.8) is 0 Å². The molecule has 0 unspecified atom stereocenters. The Balaban J connectivity index is 1.53. The van der Waals surface area contributed by atoms with Crippen molar-refractivity contribution < 1.29 is 14.2 Å². The highest BCUT2D eigenvalue weighted by atomic mass is 16.5. The molecule has 0 spiro atoms. The highest BCUT2D eigenvalue weighted by Gasteiger charge is 2.19. The van der Waals surface area contributed by atoms with Crippen LogP contribution in [0.2, 0.25) is 0 Å². The fourth-order valence-electron chi connectivity index (χ4n) is 1.86. The number of benzene rings is 1. The SMILES string of the molecule is COCCOCCOCc1ccc(CNC2CC2)cc1. The highest BCUT2D eigenvalue weighted by molar-refractivity contribution is 5.22. The minimum absolute atomic E-state index is 0.618. The topological polar surface area (TPSA) is 39.7 Å². The first kappa shape index (κ1) is 15.4. The number of hydrogen-bond donors (Lipinski definition) is 1. The predicted molar refractivity (Wildman–Crippen MR) is 78.7 cm³/mol. The molecule has 1 fully saturated rings. The molecule has 2 rings (SSSR count). The summed E-state index contributed by atoms with van der Waals surface area (Å²) in [5, 5.41) is 3.51. The molecule has 4 heteroatoms. The molecule has 1 aliphatic carbocycles. The van der Waals surface area contributed by atoms with Crippen LogP contribution in [0.3, 0.4) is 0 Å². The smallest absolute Gasteiger partial charge is 0.0718 e. The summed E-state index contributed by atoms with van der Waals surface area (Å²) >= 11 is 0. The molecular formula is C16H25NO3. The minimum Gasteiger partial charge on any atom is -0.382 e. The van der Waals surface area contributed by atoms with Crippen LogP contribution in [0, 0.1) is 0 Å². The fourth-order valence-corrected chi connectivity index (χ4v) is 1.86. The van der Waals surface area contributed by atoms with Gasteiger partial charge in [0.25, 0.3) is 0 Å². The van der Waals surface area contributed by atoms with Crippen LogP contribution in [0.5, 0.6) is 0 Å². The number of hydrogen-bond acceptors (Lipinski definition) is 4. The summed E-state index contributed by atoms with van der Waals surface area (Å²) in [5.74, 6) is 0. The Kier molecular flexibility index (Phi) is 7.01. The molecule has 1 aromatic carbocycles. The van der Waals surface area contributed by atoms with E-state index >= 15 is 0 Å². The lowest BCUT2D eigenvalue weighted by Gasteiger charge is -2.07. The van der Waals surface area contributed by atoms with Gasteiger partial charge in [0.1, 0.15) is 0 Å². The van der Waals surface area contributed by atoms with Crippen LogP contribution in [0.15, 0.2) is 24.3 Å². The number of nitrogens with one attached hydrogen (secondary N) is 1. The van der Waals surface area contributed by atoms with Crippen molar-refractivity contribution in [2.24, 2.45) is 0 Å². The summed E-state index contributed by atoms with van der Waals surface area (Å²) in [6.07, 6.45) is 2.66. The van der Waals surface area contributed by atoms with Crippen molar-refractivity contribution >= 4 is 0 Å². The quantitative estimate of drug-likeness (QED) is 0.630. The van der Waals surface area contributed by atoms with E-state index in [1.54, 1.807) is 7.11 Å². The van der Waals surface area contributed by atoms with E-state index in [1.807, 2.05) is 0 Å². The first-order valence-electron chi connectivity index (χ1n) is 7.34. The third kappa shape index (κ3) is 6.48. The maximum atomic E-state index is 5.57. The van der Waals surface area contributed by atoms with E-state index in [1.165, 1.54) is 24.0 Å². The van der Waals surface area contributed by atoms with Gasteiger partial charge in [0.15, 0.2) is 0 Å². The maximum Gasteiger partial charge on any atom is 0.0718 e. The monoisotopic (exact) mass is 279 g/mol. The largest absolute Gasteiger partial charge is 0.382 e. The molecule has 0 amide bonds. The minimum atomic E-state index is 0.618. The molecule has 112 valence electrons. The molecule has 0 aromatic heterocycles. The predicted octanol–water partition coefficient (Wildman–Crippen LogP) is 2.12. The van der Waals surface area contributed by atoms with Crippen LogP contribution in [-0.4, -0.2) is 39.6 Å². The molecule has 1 aromatic rings. The Morgan fingerprint density at radius 2 is 1.60 bits per heavy atom. The second kappa shape index (κ2) is 9.08. The molecule has 0 bridgehead atoms. The second-order valence-electron chi connectivity index (χ2n) is 5.13. The molecular weight excluding hydrogens is 254 g/mol. The van der Waals surface area contributed by atoms with E-state index in [0.29, 0.717) is 33.0 Å². The summed E-state index contributed by atoms with van der Waals surface area (Å²) in [6.45, 7) is 4.11. The van der Waals surface area contributed by atoms with Crippen LogP contribution in [0.4, 0.5) is 0 Å². The zero-order valence-corrected chi connectivity index (χ0v) is 12.3. The van der Waals surface area contributed by atoms with E-state index in [4.69, 9.17) is 14.2 Å². The lowest BCUT2D eigenvalue weighted by Crippen LogP contribution is -2.15. The van der Waals surface area contributed by atoms with Gasteiger partial charge >= 0.3 is 0 Å². The second-order valence-corrected chi connectivity index (χ2v) is 5.13. The van der Waals surface area contributed by atoms with E-state index in [-0.39, 0.29) is 0 Å². The highest BCUT2D eigenvalue weighted by Crippen LogP contribution is 2.19. The average molecular weight is 279 g/mol. The first-order valence-corrected chi connectivity index (χ1v) is 7.34. The molecule has 1 aliphatic rings. The fraction of sp³-hybridized carbons (Fsp3) is 0.625. The molecule has 4 nitrogen and oxygen atoms in total. The van der Waals surface area contributed by atoms with Crippen molar-refractivity contribution in [2.75, 3.05) is 33.5 Å². The van der Waals surface area contributed by atoms with Gasteiger partial charge in [-0.05, 0) is 24.0 Å². The molecule has 0 aliphatic heterocycles. The van der Waals surface area contributed by atoms with Gasteiger partial charge in [0, 0.05) is 19.7 Å². The third-order valence-electron chi connectivity index (χ3n) is 3.27. The van der Waals surface area contributed by atoms with Crippen molar-refractivity contribution in [2.45, 2.75) is 32.0 Å². The van der Waals surface area contributed by atoms with Gasteiger partial charge < -0.3 is 19.5 Å². The summed E-state index contributed by atoms with van der Waals surface area (Å²) in [5.41, 5.74) is 2.54. The van der Waals surface area contributed by atoms with Crippen LogP contribution in [0.1, 0.15) is 24.0 Å². The van der Waals surface area contributed by atoms with Crippen molar-refractivity contribution in [1.29, 1.82) is 0 Å². The van der Waals surface area contributed by atoms with E-state index < -0.39 is 0 Å². The van der Waals surface area contributed by atoms with E-state index in [0.717, 1.165) is 12.6 Å². The number of methoxy groups -OCH3 is 1. The Morgan fingerprint density at radius 1 is 0.950 bits per heavy atom. The van der Waals surface area contributed by atoms with Crippen molar-refractivity contribution in [3.05, 3.63) is 35.4 Å². The van der Waals surface area contributed by atoms with Gasteiger partial charge in [-0.15, -0.1) is 0 Å². The number of ether oxygens (including phenoxy) is 3. The Bertz CT molecular complexity index is 362. The molecule has 20 heavy (non-hydrogen) atoms. The normalized spacial score (nSPS) is 14.7. The van der Waals surface area contributed by atoms with Gasteiger partial charge in [0.05, 0.1) is 33.0 Å². The van der Waals surface area contributed by atoms with Crippen molar-refractivity contribution in [1.82, 2.24) is 5.32 Å². The first-order chi connectivity index (χ1) is 9.88. The average Bonchev–Trinajstić information content (AvgIpc) is 3.30. The summed E-state index contributed by atoms with van der Waals surface area (Å²) in [4.78, 5) is 0. The van der Waals surface area contributed by atoms with Crippen LogP contribution in [0.25, 0.3) is 0 Å². The Labute approximate surface area is 121 Å². The summed E-state index contributed by atoms with van der Waals surface area (Å²) in [7, 11) is 1.67. The van der Waals surface area contributed by atoms with E-state index in [2.05, 4.69) is 29.6 Å². The molecule has 1 saturated carbocycles. The molecule has 0 radical (unpaired) electrons. The molecule has 1 N–H and O–H groups in total. The lowest BCUT2D eigenvalue weighted by atomic mass is 10.1. The molecule has 0 atom stereocenters. The molecule has 0 heterocycles. The maximum absolute atomic E-state index is 5.57. The van der Waals surface area contributed by atoms with Crippen LogP contribution >= 0.6 is 0 Å². The van der Waals surface area contributed by atoms with Gasteiger partial charge in [-0.2, -0.15) is 0 Å². The molecule has 0 saturated heterocycles. The van der Waals surface area contributed by atoms with Crippen LogP contribution < -0.4 is 5.32 Å².